The van der Waals surface area contributed by atoms with E-state index < -0.39 is 6.10 Å². The second kappa shape index (κ2) is 3.94. The second-order valence-electron chi connectivity index (χ2n) is 2.46. The van der Waals surface area contributed by atoms with Crippen molar-refractivity contribution in [1.82, 2.24) is 0 Å². The van der Waals surface area contributed by atoms with Gasteiger partial charge in [-0.25, -0.2) is 0 Å². The van der Waals surface area contributed by atoms with Crippen molar-refractivity contribution in [3.05, 3.63) is 49.1 Å². The Hall–Kier alpha value is -1.08. The van der Waals surface area contributed by atoms with Crippen LogP contribution in [0.5, 0.6) is 0 Å². The standard InChI is InChI=1S/C10H12O/c1-2-9-5-3-4-6-10(11)8-7-9/h2-11H,1H2/b5-3?,6-4-,8-7?/t9-,10-/m1/s1. The van der Waals surface area contributed by atoms with E-state index in [1.165, 1.54) is 0 Å². The summed E-state index contributed by atoms with van der Waals surface area (Å²) in [4.78, 5) is 0. The Morgan fingerprint density at radius 1 is 1.09 bits per heavy atom. The van der Waals surface area contributed by atoms with Gasteiger partial charge < -0.3 is 5.11 Å². The molecule has 2 atom stereocenters. The van der Waals surface area contributed by atoms with Crippen molar-refractivity contribution < 1.29 is 5.11 Å². The molecule has 0 radical (unpaired) electrons. The molecule has 0 aliphatic heterocycles. The number of allylic oxidation sites excluding steroid dienone is 5. The van der Waals surface area contributed by atoms with Crippen LogP contribution < -0.4 is 0 Å². The van der Waals surface area contributed by atoms with Gasteiger partial charge in [0.05, 0.1) is 6.10 Å². The van der Waals surface area contributed by atoms with E-state index in [1.54, 1.807) is 12.2 Å². The fraction of sp³-hybridized carbons (Fsp3) is 0.200. The topological polar surface area (TPSA) is 20.2 Å². The molecule has 0 heterocycles. The molecule has 1 aliphatic rings. The number of aliphatic hydroxyl groups excluding tert-OH is 1. The minimum atomic E-state index is -0.456. The van der Waals surface area contributed by atoms with Crippen LogP contribution in [0.2, 0.25) is 0 Å². The fourth-order valence-electron chi connectivity index (χ4n) is 0.898. The molecule has 0 aromatic carbocycles. The minimum absolute atomic E-state index is 0.245. The lowest BCUT2D eigenvalue weighted by Crippen LogP contribution is -1.98. The molecule has 58 valence electrons. The molecule has 0 unspecified atom stereocenters. The fourth-order valence-corrected chi connectivity index (χ4v) is 0.898. The third kappa shape index (κ3) is 2.56. The van der Waals surface area contributed by atoms with Crippen molar-refractivity contribution in [1.29, 1.82) is 0 Å². The summed E-state index contributed by atoms with van der Waals surface area (Å²) >= 11 is 0. The second-order valence-corrected chi connectivity index (χ2v) is 2.46. The average molecular weight is 148 g/mol. The average Bonchev–Trinajstić information content (AvgIpc) is 1.98. The molecule has 0 aromatic rings. The maximum atomic E-state index is 9.19. The summed E-state index contributed by atoms with van der Waals surface area (Å²) in [7, 11) is 0. The van der Waals surface area contributed by atoms with Crippen LogP contribution in [0.3, 0.4) is 0 Å². The molecule has 1 nitrogen and oxygen atoms in total. The third-order valence-corrected chi connectivity index (χ3v) is 1.56. The maximum Gasteiger partial charge on any atom is 0.0905 e. The van der Waals surface area contributed by atoms with Gasteiger partial charge in [0.15, 0.2) is 0 Å². The van der Waals surface area contributed by atoms with Crippen molar-refractivity contribution in [2.75, 3.05) is 0 Å². The van der Waals surface area contributed by atoms with Crippen LogP contribution in [0, 0.1) is 5.92 Å². The van der Waals surface area contributed by atoms with Crippen molar-refractivity contribution >= 4 is 0 Å². The first kappa shape index (κ1) is 8.02. The highest BCUT2D eigenvalue weighted by molar-refractivity contribution is 5.19. The summed E-state index contributed by atoms with van der Waals surface area (Å²) in [6.45, 7) is 3.67. The lowest BCUT2D eigenvalue weighted by molar-refractivity contribution is 0.271. The highest BCUT2D eigenvalue weighted by Crippen LogP contribution is 2.06. The molecular weight excluding hydrogens is 136 g/mol. The molecule has 1 rings (SSSR count). The van der Waals surface area contributed by atoms with Crippen LogP contribution in [-0.4, -0.2) is 11.2 Å². The number of hydrogen-bond acceptors (Lipinski definition) is 1. The van der Waals surface area contributed by atoms with E-state index in [0.29, 0.717) is 0 Å². The summed E-state index contributed by atoms with van der Waals surface area (Å²) in [5, 5.41) is 9.19. The zero-order chi connectivity index (χ0) is 8.10. The number of aliphatic hydroxyl groups is 1. The van der Waals surface area contributed by atoms with E-state index in [1.807, 2.05) is 30.4 Å². The summed E-state index contributed by atoms with van der Waals surface area (Å²) in [5.41, 5.74) is 0. The summed E-state index contributed by atoms with van der Waals surface area (Å²) in [6, 6.07) is 0. The molecule has 0 bridgehead atoms. The highest BCUT2D eigenvalue weighted by atomic mass is 16.3. The van der Waals surface area contributed by atoms with Crippen LogP contribution in [0.4, 0.5) is 0 Å². The molecule has 0 amide bonds. The van der Waals surface area contributed by atoms with E-state index in [2.05, 4.69) is 6.58 Å². The molecule has 0 saturated heterocycles. The largest absolute Gasteiger partial charge is 0.385 e. The Labute approximate surface area is 67.1 Å². The molecule has 11 heavy (non-hydrogen) atoms. The van der Waals surface area contributed by atoms with Gasteiger partial charge in [-0.2, -0.15) is 0 Å². The quantitative estimate of drug-likeness (QED) is 0.562. The van der Waals surface area contributed by atoms with Crippen molar-refractivity contribution in [2.24, 2.45) is 5.92 Å². The van der Waals surface area contributed by atoms with Crippen LogP contribution in [0.15, 0.2) is 49.1 Å². The summed E-state index contributed by atoms with van der Waals surface area (Å²) in [5.74, 6) is 0.245. The van der Waals surface area contributed by atoms with Crippen LogP contribution in [0.25, 0.3) is 0 Å². The molecular formula is C10H12O. The first-order chi connectivity index (χ1) is 5.33. The van der Waals surface area contributed by atoms with Gasteiger partial charge in [0.1, 0.15) is 0 Å². The van der Waals surface area contributed by atoms with Crippen molar-refractivity contribution in [3.63, 3.8) is 0 Å². The Balaban J connectivity index is 2.75. The molecule has 1 aliphatic carbocycles. The minimum Gasteiger partial charge on any atom is -0.385 e. The summed E-state index contributed by atoms with van der Waals surface area (Å²) < 4.78 is 0. The van der Waals surface area contributed by atoms with E-state index in [4.69, 9.17) is 0 Å². The van der Waals surface area contributed by atoms with Gasteiger partial charge in [-0.05, 0) is 0 Å². The third-order valence-electron chi connectivity index (χ3n) is 1.56. The zero-order valence-electron chi connectivity index (χ0n) is 6.35. The number of hydrogen-bond donors (Lipinski definition) is 1. The Morgan fingerprint density at radius 2 is 1.82 bits per heavy atom. The molecule has 0 saturated carbocycles. The summed E-state index contributed by atoms with van der Waals surface area (Å²) in [6.07, 6.45) is 12.6. The number of rotatable bonds is 1. The van der Waals surface area contributed by atoms with Gasteiger partial charge >= 0.3 is 0 Å². The monoisotopic (exact) mass is 148 g/mol. The van der Waals surface area contributed by atoms with Gasteiger partial charge in [0.25, 0.3) is 0 Å². The lowest BCUT2D eigenvalue weighted by atomic mass is 10.1. The van der Waals surface area contributed by atoms with Gasteiger partial charge in [-0.3, -0.25) is 0 Å². The van der Waals surface area contributed by atoms with Crippen LogP contribution >= 0.6 is 0 Å². The predicted octanol–water partition coefficient (Wildman–Crippen LogP) is 1.83. The van der Waals surface area contributed by atoms with Gasteiger partial charge in [0.2, 0.25) is 0 Å². The normalized spacial score (nSPS) is 32.5. The smallest absolute Gasteiger partial charge is 0.0905 e. The predicted molar refractivity (Wildman–Crippen MR) is 47.1 cm³/mol. The Morgan fingerprint density at radius 3 is 2.55 bits per heavy atom. The van der Waals surface area contributed by atoms with E-state index in [9.17, 15) is 5.11 Å². The van der Waals surface area contributed by atoms with E-state index in [0.717, 1.165) is 0 Å². The molecule has 1 N–H and O–H groups in total. The zero-order valence-corrected chi connectivity index (χ0v) is 6.35. The molecule has 0 aromatic heterocycles. The van der Waals surface area contributed by atoms with Crippen LogP contribution in [0.1, 0.15) is 0 Å². The first-order valence-corrected chi connectivity index (χ1v) is 3.67. The Kier molecular flexibility index (Phi) is 2.87. The highest BCUT2D eigenvalue weighted by Gasteiger charge is 1.96. The van der Waals surface area contributed by atoms with E-state index >= 15 is 0 Å². The molecule has 0 spiro atoms. The van der Waals surface area contributed by atoms with Gasteiger partial charge in [-0.15, -0.1) is 6.58 Å². The van der Waals surface area contributed by atoms with Gasteiger partial charge in [0, 0.05) is 5.92 Å². The Bertz CT molecular complexity index is 211. The van der Waals surface area contributed by atoms with Crippen LogP contribution in [-0.2, 0) is 0 Å². The van der Waals surface area contributed by atoms with Gasteiger partial charge in [-0.1, -0.05) is 42.5 Å². The SMILES string of the molecule is C=C[C@@H]1C=C/C=C\[C@@H](O)C=C1. The van der Waals surface area contributed by atoms with E-state index in [-0.39, 0.29) is 5.92 Å². The molecule has 0 fully saturated rings. The van der Waals surface area contributed by atoms with Crippen molar-refractivity contribution in [3.8, 4) is 0 Å². The lowest BCUT2D eigenvalue weighted by Gasteiger charge is -2.03. The first-order valence-electron chi connectivity index (χ1n) is 3.67. The van der Waals surface area contributed by atoms with Crippen molar-refractivity contribution in [2.45, 2.75) is 6.10 Å². The maximum absolute atomic E-state index is 9.19. The molecule has 1 heteroatoms.